The van der Waals surface area contributed by atoms with Gasteiger partial charge in [0.05, 0.1) is 6.54 Å². The van der Waals surface area contributed by atoms with Crippen molar-refractivity contribution >= 4 is 18.2 Å². The van der Waals surface area contributed by atoms with Gasteiger partial charge in [0.15, 0.2) is 5.96 Å². The molecule has 0 spiro atoms. The summed E-state index contributed by atoms with van der Waals surface area (Å²) in [5.74, 6) is -0.285. The largest absolute Gasteiger partial charge is 0.370 e. The summed E-state index contributed by atoms with van der Waals surface area (Å²) in [6.45, 7) is 0.418. The highest BCUT2D eigenvalue weighted by Gasteiger charge is 2.11. The van der Waals surface area contributed by atoms with Crippen LogP contribution in [0.1, 0.15) is 19.3 Å². The summed E-state index contributed by atoms with van der Waals surface area (Å²) < 4.78 is 0. The van der Waals surface area contributed by atoms with Crippen molar-refractivity contribution in [3.63, 3.8) is 0 Å². The molecule has 0 aromatic carbocycles. The molecule has 0 aromatic heterocycles. The molecule has 0 aromatic rings. The van der Waals surface area contributed by atoms with E-state index in [2.05, 4.69) is 10.3 Å². The summed E-state index contributed by atoms with van der Waals surface area (Å²) in [4.78, 5) is 25.0. The van der Waals surface area contributed by atoms with Crippen LogP contribution in [0.3, 0.4) is 0 Å². The number of amides is 1. The maximum atomic E-state index is 11.2. The van der Waals surface area contributed by atoms with Crippen molar-refractivity contribution in [2.45, 2.75) is 25.3 Å². The van der Waals surface area contributed by atoms with Crippen molar-refractivity contribution in [1.29, 1.82) is 0 Å². The molecular weight excluding hydrogens is 226 g/mol. The van der Waals surface area contributed by atoms with E-state index in [4.69, 9.17) is 16.7 Å². The highest BCUT2D eigenvalue weighted by atomic mass is 16.5. The Balaban J connectivity index is 3.79. The second-order valence-electron chi connectivity index (χ2n) is 3.45. The third kappa shape index (κ3) is 9.27. The first-order valence-electron chi connectivity index (χ1n) is 5.25. The van der Waals surface area contributed by atoms with Gasteiger partial charge in [-0.05, 0) is 12.8 Å². The van der Waals surface area contributed by atoms with E-state index in [-0.39, 0.29) is 30.9 Å². The number of nitrogens with two attached hydrogens (primary N) is 2. The number of aliphatic imine (C=N–C) groups is 1. The van der Waals surface area contributed by atoms with Gasteiger partial charge in [-0.25, -0.2) is 5.48 Å². The predicted octanol–water partition coefficient (Wildman–Crippen LogP) is -1.91. The average Bonchev–Trinajstić information content (AvgIpc) is 2.30. The first-order valence-corrected chi connectivity index (χ1v) is 5.25. The van der Waals surface area contributed by atoms with E-state index < -0.39 is 0 Å². The first kappa shape index (κ1) is 15.3. The minimum absolute atomic E-state index is 0.0160. The Morgan fingerprint density at radius 2 is 2.18 bits per heavy atom. The van der Waals surface area contributed by atoms with E-state index in [1.807, 2.05) is 5.48 Å². The highest BCUT2D eigenvalue weighted by molar-refractivity contribution is 5.78. The fourth-order valence-corrected chi connectivity index (χ4v) is 1.21. The Bertz CT molecular complexity index is 265. The van der Waals surface area contributed by atoms with Crippen LogP contribution in [0, 0.1) is 0 Å². The van der Waals surface area contributed by atoms with Gasteiger partial charge in [-0.3, -0.25) is 9.79 Å². The minimum atomic E-state index is -0.379. The third-order valence-corrected chi connectivity index (χ3v) is 2.00. The fourth-order valence-electron chi connectivity index (χ4n) is 1.21. The lowest BCUT2D eigenvalue weighted by Gasteiger charge is -2.13. The van der Waals surface area contributed by atoms with Crippen LogP contribution in [0.25, 0.3) is 0 Å². The van der Waals surface area contributed by atoms with Crippen molar-refractivity contribution in [3.8, 4) is 0 Å². The van der Waals surface area contributed by atoms with Crippen LogP contribution in [0.2, 0.25) is 0 Å². The number of carbonyl (C=O) groups excluding carboxylic acids is 2. The number of rotatable bonds is 9. The molecule has 98 valence electrons. The van der Waals surface area contributed by atoms with Crippen molar-refractivity contribution in [1.82, 2.24) is 10.8 Å². The molecule has 8 heteroatoms. The highest BCUT2D eigenvalue weighted by Crippen LogP contribution is 2.01. The van der Waals surface area contributed by atoms with Crippen molar-refractivity contribution in [2.24, 2.45) is 16.5 Å². The Labute approximate surface area is 99.4 Å². The van der Waals surface area contributed by atoms with E-state index in [9.17, 15) is 9.59 Å². The molecule has 0 aliphatic carbocycles. The third-order valence-electron chi connectivity index (χ3n) is 2.00. The summed E-state index contributed by atoms with van der Waals surface area (Å²) >= 11 is 0. The molecule has 0 heterocycles. The Kier molecular flexibility index (Phi) is 8.61. The van der Waals surface area contributed by atoms with E-state index in [0.29, 0.717) is 25.7 Å². The van der Waals surface area contributed by atoms with Crippen molar-refractivity contribution in [3.05, 3.63) is 0 Å². The molecule has 0 fully saturated rings. The van der Waals surface area contributed by atoms with Gasteiger partial charge in [-0.1, -0.05) is 0 Å². The molecule has 0 bridgehead atoms. The monoisotopic (exact) mass is 245 g/mol. The minimum Gasteiger partial charge on any atom is -0.370 e. The molecule has 0 radical (unpaired) electrons. The van der Waals surface area contributed by atoms with Gasteiger partial charge < -0.3 is 26.8 Å². The van der Waals surface area contributed by atoms with Crippen LogP contribution in [-0.2, 0) is 9.59 Å². The number of hydrogen-bond donors (Lipinski definition) is 5. The topological polar surface area (TPSA) is 143 Å². The number of hydroxylamine groups is 1. The normalized spacial score (nSPS) is 11.6. The van der Waals surface area contributed by atoms with Crippen LogP contribution in [0.4, 0.5) is 0 Å². The molecular formula is C9H19N5O3. The van der Waals surface area contributed by atoms with E-state index >= 15 is 0 Å². The zero-order chi connectivity index (χ0) is 13.1. The van der Waals surface area contributed by atoms with Gasteiger partial charge in [0, 0.05) is 19.0 Å². The lowest BCUT2D eigenvalue weighted by atomic mass is 10.1. The SMILES string of the molecule is NC(N)=NCCCC(CC(=O)NCC=O)NO. The molecule has 1 amide bonds. The Hall–Kier alpha value is -1.67. The van der Waals surface area contributed by atoms with Gasteiger partial charge in [-0.15, -0.1) is 0 Å². The van der Waals surface area contributed by atoms with Crippen molar-refractivity contribution in [2.75, 3.05) is 13.1 Å². The van der Waals surface area contributed by atoms with Gasteiger partial charge in [0.1, 0.15) is 6.29 Å². The van der Waals surface area contributed by atoms with E-state index in [1.54, 1.807) is 0 Å². The number of nitrogens with one attached hydrogen (secondary N) is 2. The van der Waals surface area contributed by atoms with Crippen LogP contribution in [-0.4, -0.2) is 42.5 Å². The summed E-state index contributed by atoms with van der Waals surface area (Å²) in [5.41, 5.74) is 12.3. The maximum Gasteiger partial charge on any atom is 0.222 e. The molecule has 1 atom stereocenters. The number of nitrogens with zero attached hydrogens (tertiary/aromatic N) is 1. The summed E-state index contributed by atoms with van der Waals surface area (Å²) in [5, 5.41) is 11.2. The second kappa shape index (κ2) is 9.55. The molecule has 0 rings (SSSR count). The summed E-state index contributed by atoms with van der Waals surface area (Å²) in [6, 6.07) is -0.379. The molecule has 1 unspecified atom stereocenters. The number of hydrogen-bond acceptors (Lipinski definition) is 5. The number of guanidine groups is 1. The molecule has 0 saturated carbocycles. The van der Waals surface area contributed by atoms with E-state index in [1.165, 1.54) is 0 Å². The molecule has 7 N–H and O–H groups in total. The number of carbonyl (C=O) groups is 2. The molecule has 8 nitrogen and oxygen atoms in total. The molecule has 0 saturated heterocycles. The van der Waals surface area contributed by atoms with Gasteiger partial charge >= 0.3 is 0 Å². The van der Waals surface area contributed by atoms with Crippen LogP contribution >= 0.6 is 0 Å². The van der Waals surface area contributed by atoms with Gasteiger partial charge in [0.25, 0.3) is 0 Å². The molecule has 0 aliphatic rings. The lowest BCUT2D eigenvalue weighted by molar-refractivity contribution is -0.123. The average molecular weight is 245 g/mol. The second-order valence-corrected chi connectivity index (χ2v) is 3.45. The predicted molar refractivity (Wildman–Crippen MR) is 62.3 cm³/mol. The van der Waals surface area contributed by atoms with Gasteiger partial charge in [-0.2, -0.15) is 0 Å². The van der Waals surface area contributed by atoms with E-state index in [0.717, 1.165) is 0 Å². The summed E-state index contributed by atoms with van der Waals surface area (Å²) in [6.07, 6.45) is 1.86. The summed E-state index contributed by atoms with van der Waals surface area (Å²) in [7, 11) is 0. The maximum absolute atomic E-state index is 11.2. The van der Waals surface area contributed by atoms with Crippen molar-refractivity contribution < 1.29 is 14.8 Å². The standard InChI is InChI=1S/C9H19N5O3/c10-9(11)13-3-1-2-7(14-17)6-8(16)12-4-5-15/h5,7,14,17H,1-4,6H2,(H,12,16)(H4,10,11,13). The zero-order valence-corrected chi connectivity index (χ0v) is 9.56. The van der Waals surface area contributed by atoms with Crippen LogP contribution < -0.4 is 22.3 Å². The molecule has 17 heavy (non-hydrogen) atoms. The smallest absolute Gasteiger partial charge is 0.222 e. The Morgan fingerprint density at radius 3 is 2.71 bits per heavy atom. The fraction of sp³-hybridized carbons (Fsp3) is 0.667. The Morgan fingerprint density at radius 1 is 1.47 bits per heavy atom. The van der Waals surface area contributed by atoms with Gasteiger partial charge in [0.2, 0.25) is 5.91 Å². The zero-order valence-electron chi connectivity index (χ0n) is 9.56. The number of aldehydes is 1. The lowest BCUT2D eigenvalue weighted by Crippen LogP contribution is -2.35. The first-order chi connectivity index (χ1) is 8.10. The van der Waals surface area contributed by atoms with Crippen LogP contribution in [0.15, 0.2) is 4.99 Å². The quantitative estimate of drug-likeness (QED) is 0.105. The molecule has 0 aliphatic heterocycles. The van der Waals surface area contributed by atoms with Crippen LogP contribution in [0.5, 0.6) is 0 Å².